The highest BCUT2D eigenvalue weighted by Crippen LogP contribution is 2.18. The first-order valence-corrected chi connectivity index (χ1v) is 4.21. The number of halogens is 1. The predicted octanol–water partition coefficient (Wildman–Crippen LogP) is 1.10. The zero-order chi connectivity index (χ0) is 12.1. The van der Waals surface area contributed by atoms with Gasteiger partial charge in [-0.05, 0) is 12.1 Å². The van der Waals surface area contributed by atoms with E-state index >= 15 is 0 Å². The van der Waals surface area contributed by atoms with E-state index < -0.39 is 17.7 Å². The van der Waals surface area contributed by atoms with E-state index in [9.17, 15) is 9.18 Å². The number of oxime groups is 1. The van der Waals surface area contributed by atoms with Crippen LogP contribution in [0.3, 0.4) is 0 Å². The molecule has 1 amide bonds. The summed E-state index contributed by atoms with van der Waals surface area (Å²) in [5, 5.41) is 13.4. The first-order valence-electron chi connectivity index (χ1n) is 4.21. The fraction of sp³-hybridized carbons (Fsp3) is 0.111. The molecule has 0 heterocycles. The summed E-state index contributed by atoms with van der Waals surface area (Å²) in [5.41, 5.74) is 5.14. The summed E-state index contributed by atoms with van der Waals surface area (Å²) in [7, 11) is 1.16. The maximum Gasteiger partial charge on any atom is 0.411 e. The summed E-state index contributed by atoms with van der Waals surface area (Å²) in [6.45, 7) is 0. The number of ether oxygens (including phenoxy) is 1. The van der Waals surface area contributed by atoms with Gasteiger partial charge in [0.15, 0.2) is 5.84 Å². The fourth-order valence-corrected chi connectivity index (χ4v) is 1.10. The summed E-state index contributed by atoms with van der Waals surface area (Å²) >= 11 is 0. The molecule has 1 aromatic rings. The van der Waals surface area contributed by atoms with Gasteiger partial charge in [-0.2, -0.15) is 0 Å². The van der Waals surface area contributed by atoms with E-state index in [1.807, 2.05) is 0 Å². The van der Waals surface area contributed by atoms with Crippen molar-refractivity contribution in [2.75, 3.05) is 12.4 Å². The van der Waals surface area contributed by atoms with Crippen molar-refractivity contribution >= 4 is 17.6 Å². The highest BCUT2D eigenvalue weighted by molar-refractivity contribution is 6.04. The Hall–Kier alpha value is -2.31. The van der Waals surface area contributed by atoms with Crippen molar-refractivity contribution in [1.29, 1.82) is 0 Å². The Morgan fingerprint density at radius 2 is 2.31 bits per heavy atom. The lowest BCUT2D eigenvalue weighted by Gasteiger charge is -2.09. The Morgan fingerprint density at radius 1 is 1.62 bits per heavy atom. The van der Waals surface area contributed by atoms with Crippen LogP contribution in [0.5, 0.6) is 0 Å². The SMILES string of the molecule is COC(=O)Nc1cccc(F)c1/C(N)=N/O. The highest BCUT2D eigenvalue weighted by atomic mass is 19.1. The van der Waals surface area contributed by atoms with Crippen molar-refractivity contribution in [3.8, 4) is 0 Å². The third kappa shape index (κ3) is 2.38. The molecule has 6 nitrogen and oxygen atoms in total. The number of carbonyl (C=O) groups is 1. The number of nitrogens with two attached hydrogens (primary N) is 1. The second kappa shape index (κ2) is 4.96. The number of methoxy groups -OCH3 is 1. The number of hydrogen-bond acceptors (Lipinski definition) is 4. The number of hydrogen-bond donors (Lipinski definition) is 3. The van der Waals surface area contributed by atoms with E-state index in [2.05, 4.69) is 15.2 Å². The maximum absolute atomic E-state index is 13.4. The van der Waals surface area contributed by atoms with E-state index in [0.29, 0.717) is 0 Å². The Balaban J connectivity index is 3.18. The number of nitrogens with one attached hydrogen (secondary N) is 1. The van der Waals surface area contributed by atoms with Crippen LogP contribution in [-0.4, -0.2) is 24.2 Å². The van der Waals surface area contributed by atoms with Gasteiger partial charge in [0.25, 0.3) is 0 Å². The molecule has 0 aliphatic carbocycles. The molecule has 0 bridgehead atoms. The smallest absolute Gasteiger partial charge is 0.411 e. The number of amidine groups is 1. The van der Waals surface area contributed by atoms with Crippen LogP contribution in [0.4, 0.5) is 14.9 Å². The average molecular weight is 227 g/mol. The van der Waals surface area contributed by atoms with Crippen LogP contribution in [0.2, 0.25) is 0 Å². The standard InChI is InChI=1S/C9H10FN3O3/c1-16-9(14)12-6-4-2-3-5(10)7(6)8(11)13-15/h2-4,15H,1H3,(H2,11,13)(H,12,14). The summed E-state index contributed by atoms with van der Waals surface area (Å²) in [6, 6.07) is 3.89. The van der Waals surface area contributed by atoms with Crippen molar-refractivity contribution in [2.24, 2.45) is 10.9 Å². The molecule has 0 spiro atoms. The van der Waals surface area contributed by atoms with Gasteiger partial charge in [-0.15, -0.1) is 0 Å². The molecule has 1 rings (SSSR count). The van der Waals surface area contributed by atoms with Gasteiger partial charge < -0.3 is 15.7 Å². The Bertz CT molecular complexity index is 434. The minimum atomic E-state index is -0.780. The molecule has 7 heteroatoms. The van der Waals surface area contributed by atoms with Gasteiger partial charge in [-0.3, -0.25) is 5.32 Å². The lowest BCUT2D eigenvalue weighted by atomic mass is 10.1. The molecule has 0 atom stereocenters. The van der Waals surface area contributed by atoms with E-state index in [-0.39, 0.29) is 11.3 Å². The van der Waals surface area contributed by atoms with Crippen molar-refractivity contribution in [3.05, 3.63) is 29.6 Å². The van der Waals surface area contributed by atoms with E-state index in [0.717, 1.165) is 13.2 Å². The van der Waals surface area contributed by atoms with Gasteiger partial charge in [-0.25, -0.2) is 9.18 Å². The first kappa shape index (κ1) is 11.8. The second-order valence-corrected chi connectivity index (χ2v) is 2.76. The maximum atomic E-state index is 13.4. The van der Waals surface area contributed by atoms with E-state index in [4.69, 9.17) is 10.9 Å². The van der Waals surface area contributed by atoms with Crippen molar-refractivity contribution in [3.63, 3.8) is 0 Å². The number of rotatable bonds is 2. The van der Waals surface area contributed by atoms with E-state index in [1.54, 1.807) is 0 Å². The van der Waals surface area contributed by atoms with Crippen LogP contribution in [0, 0.1) is 5.82 Å². The molecule has 0 radical (unpaired) electrons. The number of anilines is 1. The third-order valence-corrected chi connectivity index (χ3v) is 1.80. The fourth-order valence-electron chi connectivity index (χ4n) is 1.10. The molecular weight excluding hydrogens is 217 g/mol. The normalized spacial score (nSPS) is 11.0. The van der Waals surface area contributed by atoms with Gasteiger partial charge in [0.05, 0.1) is 18.4 Å². The van der Waals surface area contributed by atoms with Gasteiger partial charge in [0.1, 0.15) is 5.82 Å². The van der Waals surface area contributed by atoms with Crippen LogP contribution in [0.15, 0.2) is 23.4 Å². The summed E-state index contributed by atoms with van der Waals surface area (Å²) < 4.78 is 17.7. The number of amides is 1. The minimum absolute atomic E-state index is 0.0575. The van der Waals surface area contributed by atoms with Crippen molar-refractivity contribution in [2.45, 2.75) is 0 Å². The summed E-state index contributed by atoms with van der Waals surface area (Å²) in [5.74, 6) is -1.16. The topological polar surface area (TPSA) is 96.9 Å². The molecule has 0 aliphatic rings. The molecule has 0 fully saturated rings. The molecular formula is C9H10FN3O3. The molecule has 0 aliphatic heterocycles. The molecule has 16 heavy (non-hydrogen) atoms. The largest absolute Gasteiger partial charge is 0.453 e. The van der Waals surface area contributed by atoms with Crippen molar-refractivity contribution < 1.29 is 19.1 Å². The highest BCUT2D eigenvalue weighted by Gasteiger charge is 2.14. The number of carbonyl (C=O) groups excluding carboxylic acids is 1. The third-order valence-electron chi connectivity index (χ3n) is 1.80. The van der Waals surface area contributed by atoms with Crippen LogP contribution >= 0.6 is 0 Å². The number of benzene rings is 1. The molecule has 0 unspecified atom stereocenters. The molecule has 0 saturated carbocycles. The molecule has 4 N–H and O–H groups in total. The Morgan fingerprint density at radius 3 is 2.88 bits per heavy atom. The molecule has 0 aromatic heterocycles. The monoisotopic (exact) mass is 227 g/mol. The quantitative estimate of drug-likeness (QED) is 0.305. The predicted molar refractivity (Wildman–Crippen MR) is 54.9 cm³/mol. The second-order valence-electron chi connectivity index (χ2n) is 2.76. The minimum Gasteiger partial charge on any atom is -0.453 e. The molecule has 86 valence electrons. The van der Waals surface area contributed by atoms with E-state index in [1.165, 1.54) is 12.1 Å². The van der Waals surface area contributed by atoms with Gasteiger partial charge in [0, 0.05) is 0 Å². The number of nitrogens with zero attached hydrogens (tertiary/aromatic N) is 1. The summed E-state index contributed by atoms with van der Waals surface area (Å²) in [4.78, 5) is 11.0. The van der Waals surface area contributed by atoms with Gasteiger partial charge in [-0.1, -0.05) is 11.2 Å². The Labute approximate surface area is 90.5 Å². The molecule has 1 aromatic carbocycles. The van der Waals surface area contributed by atoms with Crippen LogP contribution < -0.4 is 11.1 Å². The van der Waals surface area contributed by atoms with Crippen LogP contribution in [-0.2, 0) is 4.74 Å². The lowest BCUT2D eigenvalue weighted by molar-refractivity contribution is 0.187. The lowest BCUT2D eigenvalue weighted by Crippen LogP contribution is -2.20. The van der Waals surface area contributed by atoms with Crippen molar-refractivity contribution in [1.82, 2.24) is 0 Å². The van der Waals surface area contributed by atoms with Crippen LogP contribution in [0.1, 0.15) is 5.56 Å². The van der Waals surface area contributed by atoms with Crippen LogP contribution in [0.25, 0.3) is 0 Å². The zero-order valence-electron chi connectivity index (χ0n) is 8.40. The average Bonchev–Trinajstić information content (AvgIpc) is 2.28. The summed E-state index contributed by atoms with van der Waals surface area (Å²) in [6.07, 6.45) is -0.780. The first-order chi connectivity index (χ1) is 7.60. The zero-order valence-corrected chi connectivity index (χ0v) is 8.40. The molecule has 0 saturated heterocycles. The Kier molecular flexibility index (Phi) is 3.65. The van der Waals surface area contributed by atoms with Gasteiger partial charge in [0.2, 0.25) is 0 Å². The van der Waals surface area contributed by atoms with Gasteiger partial charge >= 0.3 is 6.09 Å².